The molecule has 2 aliphatic rings. The highest BCUT2D eigenvalue weighted by molar-refractivity contribution is 5.94. The van der Waals surface area contributed by atoms with E-state index >= 15 is 0 Å². The van der Waals surface area contributed by atoms with Crippen LogP contribution < -0.4 is 0 Å². The Morgan fingerprint density at radius 1 is 0.714 bits per heavy atom. The van der Waals surface area contributed by atoms with Crippen molar-refractivity contribution in [3.8, 4) is 0 Å². The maximum absolute atomic E-state index is 11.7. The predicted molar refractivity (Wildman–Crippen MR) is 70.3 cm³/mol. The summed E-state index contributed by atoms with van der Waals surface area (Å²) in [5.74, 6) is -0.874. The number of carbonyl (C=O) groups excluding carboxylic acids is 2. The van der Waals surface area contributed by atoms with E-state index in [2.05, 4.69) is 0 Å². The highest BCUT2D eigenvalue weighted by Crippen LogP contribution is 2.39. The standard InChI is InChI=1S/C16H10O5/c17-13-9-5-1-3-7-11(9)15(19-13)21-16-12-8-4-2-6-10(12)14(18)20-16/h1-8,15-16H/t15-,16+. The molecule has 0 amide bonds. The van der Waals surface area contributed by atoms with E-state index in [4.69, 9.17) is 14.2 Å². The number of fused-ring (bicyclic) bond motifs is 2. The Bertz CT molecular complexity index is 688. The summed E-state index contributed by atoms with van der Waals surface area (Å²) in [5, 5.41) is 0. The number of ether oxygens (including phenoxy) is 3. The van der Waals surface area contributed by atoms with Crippen molar-refractivity contribution in [1.29, 1.82) is 0 Å². The summed E-state index contributed by atoms with van der Waals surface area (Å²) in [6.07, 6.45) is -1.73. The molecular formula is C16H10O5. The third kappa shape index (κ3) is 1.82. The molecule has 0 aromatic heterocycles. The van der Waals surface area contributed by atoms with Crippen LogP contribution >= 0.6 is 0 Å². The number of esters is 2. The number of hydrogen-bond acceptors (Lipinski definition) is 5. The van der Waals surface area contributed by atoms with Crippen molar-refractivity contribution in [2.45, 2.75) is 12.6 Å². The van der Waals surface area contributed by atoms with Crippen LogP contribution in [0.4, 0.5) is 0 Å². The second-order valence-electron chi connectivity index (χ2n) is 4.79. The predicted octanol–water partition coefficient (Wildman–Crippen LogP) is 2.74. The molecule has 2 heterocycles. The van der Waals surface area contributed by atoms with E-state index < -0.39 is 24.5 Å². The quantitative estimate of drug-likeness (QED) is 0.792. The van der Waals surface area contributed by atoms with Gasteiger partial charge >= 0.3 is 11.9 Å². The maximum Gasteiger partial charge on any atom is 0.341 e. The fourth-order valence-corrected chi connectivity index (χ4v) is 2.54. The van der Waals surface area contributed by atoms with Crippen molar-refractivity contribution in [1.82, 2.24) is 0 Å². The lowest BCUT2D eigenvalue weighted by Gasteiger charge is -2.17. The van der Waals surface area contributed by atoms with Gasteiger partial charge in [0.15, 0.2) is 0 Å². The molecule has 4 rings (SSSR count). The number of carbonyl (C=O) groups is 2. The first-order chi connectivity index (χ1) is 10.2. The van der Waals surface area contributed by atoms with Crippen LogP contribution in [0.15, 0.2) is 48.5 Å². The van der Waals surface area contributed by atoms with Crippen molar-refractivity contribution >= 4 is 11.9 Å². The van der Waals surface area contributed by atoms with E-state index in [1.807, 2.05) is 0 Å². The van der Waals surface area contributed by atoms with Crippen molar-refractivity contribution in [2.24, 2.45) is 0 Å². The first kappa shape index (κ1) is 12.1. The van der Waals surface area contributed by atoms with Gasteiger partial charge in [0.1, 0.15) is 0 Å². The summed E-state index contributed by atoms with van der Waals surface area (Å²) in [6.45, 7) is 0. The number of rotatable bonds is 2. The molecule has 21 heavy (non-hydrogen) atoms. The lowest BCUT2D eigenvalue weighted by Crippen LogP contribution is -2.10. The SMILES string of the molecule is O=C1O[C@H](O[C@@H]2OC(=O)c3ccccc32)c2ccccc21. The maximum atomic E-state index is 11.7. The fourth-order valence-electron chi connectivity index (χ4n) is 2.54. The molecule has 0 unspecified atom stereocenters. The van der Waals surface area contributed by atoms with Crippen LogP contribution in [0.1, 0.15) is 44.4 Å². The normalized spacial score (nSPS) is 22.5. The molecule has 0 spiro atoms. The summed E-state index contributed by atoms with van der Waals surface area (Å²) in [5.41, 5.74) is 2.23. The summed E-state index contributed by atoms with van der Waals surface area (Å²) in [4.78, 5) is 23.5. The van der Waals surface area contributed by atoms with Crippen LogP contribution in [0.3, 0.4) is 0 Å². The van der Waals surface area contributed by atoms with Gasteiger partial charge in [0.05, 0.1) is 11.1 Å². The molecule has 2 aromatic rings. The van der Waals surface area contributed by atoms with Gasteiger partial charge in [-0.25, -0.2) is 9.59 Å². The molecule has 5 heteroatoms. The molecule has 0 fully saturated rings. The van der Waals surface area contributed by atoms with Gasteiger partial charge in [0.25, 0.3) is 0 Å². The molecule has 2 aliphatic heterocycles. The van der Waals surface area contributed by atoms with Crippen LogP contribution in [-0.4, -0.2) is 11.9 Å². The molecule has 2 atom stereocenters. The topological polar surface area (TPSA) is 61.8 Å². The average Bonchev–Trinajstić information content (AvgIpc) is 3.00. The van der Waals surface area contributed by atoms with E-state index in [-0.39, 0.29) is 0 Å². The summed E-state index contributed by atoms with van der Waals surface area (Å²) < 4.78 is 16.1. The number of cyclic esters (lactones) is 2. The summed E-state index contributed by atoms with van der Waals surface area (Å²) >= 11 is 0. The van der Waals surface area contributed by atoms with Gasteiger partial charge in [-0.05, 0) is 12.1 Å². The average molecular weight is 282 g/mol. The van der Waals surface area contributed by atoms with Gasteiger partial charge < -0.3 is 9.47 Å². The molecule has 5 nitrogen and oxygen atoms in total. The molecule has 0 aliphatic carbocycles. The van der Waals surface area contributed by atoms with E-state index in [9.17, 15) is 9.59 Å². The van der Waals surface area contributed by atoms with E-state index in [1.165, 1.54) is 0 Å². The van der Waals surface area contributed by atoms with Gasteiger partial charge in [0, 0.05) is 11.1 Å². The molecular weight excluding hydrogens is 272 g/mol. The molecule has 104 valence electrons. The Morgan fingerprint density at radius 3 is 1.62 bits per heavy atom. The smallest absolute Gasteiger partial charge is 0.341 e. The first-order valence-corrected chi connectivity index (χ1v) is 6.49. The molecule has 0 saturated heterocycles. The zero-order valence-electron chi connectivity index (χ0n) is 10.8. The molecule has 0 radical (unpaired) electrons. The summed E-state index contributed by atoms with van der Waals surface area (Å²) in [6, 6.07) is 14.0. The van der Waals surface area contributed by atoms with Gasteiger partial charge in [-0.1, -0.05) is 36.4 Å². The molecule has 0 N–H and O–H groups in total. The monoisotopic (exact) mass is 282 g/mol. The van der Waals surface area contributed by atoms with Crippen LogP contribution in [0.25, 0.3) is 0 Å². The van der Waals surface area contributed by atoms with Gasteiger partial charge in [-0.2, -0.15) is 0 Å². The Labute approximate surface area is 120 Å². The van der Waals surface area contributed by atoms with Crippen LogP contribution in [0.5, 0.6) is 0 Å². The second kappa shape index (κ2) is 4.43. The third-order valence-corrected chi connectivity index (χ3v) is 3.54. The fraction of sp³-hybridized carbons (Fsp3) is 0.125. The van der Waals surface area contributed by atoms with Crippen molar-refractivity contribution in [2.75, 3.05) is 0 Å². The van der Waals surface area contributed by atoms with Gasteiger partial charge in [-0.3, -0.25) is 4.74 Å². The van der Waals surface area contributed by atoms with Gasteiger partial charge in [0.2, 0.25) is 12.6 Å². The van der Waals surface area contributed by atoms with Crippen molar-refractivity contribution < 1.29 is 23.8 Å². The Morgan fingerprint density at radius 2 is 1.14 bits per heavy atom. The largest absolute Gasteiger partial charge is 0.427 e. The Hall–Kier alpha value is -2.66. The van der Waals surface area contributed by atoms with Crippen LogP contribution in [0.2, 0.25) is 0 Å². The van der Waals surface area contributed by atoms with Crippen molar-refractivity contribution in [3.05, 3.63) is 70.8 Å². The van der Waals surface area contributed by atoms with E-state index in [0.717, 1.165) is 0 Å². The summed E-state index contributed by atoms with van der Waals surface area (Å²) in [7, 11) is 0. The van der Waals surface area contributed by atoms with Crippen LogP contribution in [0, 0.1) is 0 Å². The highest BCUT2D eigenvalue weighted by atomic mass is 16.8. The lowest BCUT2D eigenvalue weighted by molar-refractivity contribution is -0.206. The molecule has 0 saturated carbocycles. The lowest BCUT2D eigenvalue weighted by atomic mass is 10.1. The molecule has 0 bridgehead atoms. The van der Waals surface area contributed by atoms with E-state index in [0.29, 0.717) is 22.3 Å². The number of hydrogen-bond donors (Lipinski definition) is 0. The Kier molecular flexibility index (Phi) is 2.55. The zero-order chi connectivity index (χ0) is 14.4. The van der Waals surface area contributed by atoms with Crippen molar-refractivity contribution in [3.63, 3.8) is 0 Å². The minimum Gasteiger partial charge on any atom is -0.427 e. The number of benzene rings is 2. The first-order valence-electron chi connectivity index (χ1n) is 6.49. The molecule has 2 aromatic carbocycles. The zero-order valence-corrected chi connectivity index (χ0v) is 10.8. The second-order valence-corrected chi connectivity index (χ2v) is 4.79. The highest BCUT2D eigenvalue weighted by Gasteiger charge is 2.38. The van der Waals surface area contributed by atoms with Crippen LogP contribution in [-0.2, 0) is 14.2 Å². The minimum absolute atomic E-state index is 0.437. The Balaban J connectivity index is 1.64. The van der Waals surface area contributed by atoms with E-state index in [1.54, 1.807) is 48.5 Å². The minimum atomic E-state index is -0.863. The third-order valence-electron chi connectivity index (χ3n) is 3.54. The van der Waals surface area contributed by atoms with Gasteiger partial charge in [-0.15, -0.1) is 0 Å².